The number of aryl methyl sites for hydroxylation is 1. The molecule has 0 aliphatic heterocycles. The van der Waals surface area contributed by atoms with Crippen molar-refractivity contribution in [3.8, 4) is 0 Å². The van der Waals surface area contributed by atoms with Crippen LogP contribution >= 0.6 is 39.1 Å². The number of benzene rings is 1. The zero-order valence-electron chi connectivity index (χ0n) is 14.6. The second-order valence-corrected chi connectivity index (χ2v) is 7.07. The number of carboxylic acid groups (broad SMARTS) is 1. The SMILES string of the molecule is CC(=N/C=C(\C)C(=O)O)c1cncc(Br)c1.CCc1cc(Cl)ccc1Cl. The van der Waals surface area contributed by atoms with Gasteiger partial charge in [0, 0.05) is 44.4 Å². The monoisotopic (exact) mass is 456 g/mol. The minimum Gasteiger partial charge on any atom is -0.478 e. The maximum atomic E-state index is 10.5. The lowest BCUT2D eigenvalue weighted by molar-refractivity contribution is -0.132. The van der Waals surface area contributed by atoms with Crippen LogP contribution in [0.3, 0.4) is 0 Å². The Labute approximate surface area is 171 Å². The summed E-state index contributed by atoms with van der Waals surface area (Å²) in [7, 11) is 0. The van der Waals surface area contributed by atoms with E-state index in [1.165, 1.54) is 13.1 Å². The van der Waals surface area contributed by atoms with Crippen LogP contribution < -0.4 is 0 Å². The van der Waals surface area contributed by atoms with Crippen molar-refractivity contribution >= 4 is 50.8 Å². The molecule has 138 valence electrons. The fraction of sp³-hybridized carbons (Fsp3) is 0.211. The standard InChI is InChI=1S/C11H11BrN2O2.C8H8Cl2/c1-7(11(15)16)4-14-8(2)9-3-10(12)6-13-5-9;1-2-6-5-7(9)3-4-8(6)10/h3-6H,1-2H3,(H,15,16);3-5H,2H2,1H3/b7-4+,14-8?;. The van der Waals surface area contributed by atoms with Gasteiger partial charge in [-0.2, -0.15) is 0 Å². The molecule has 0 saturated heterocycles. The first-order valence-corrected chi connectivity index (χ1v) is 9.28. The van der Waals surface area contributed by atoms with Crippen molar-refractivity contribution in [2.45, 2.75) is 27.2 Å². The van der Waals surface area contributed by atoms with Crippen LogP contribution in [0.15, 0.2) is 57.9 Å². The van der Waals surface area contributed by atoms with Crippen LogP contribution in [0.4, 0.5) is 0 Å². The number of hydrogen-bond donors (Lipinski definition) is 1. The normalized spacial score (nSPS) is 11.6. The van der Waals surface area contributed by atoms with Crippen molar-refractivity contribution in [1.29, 1.82) is 0 Å². The molecule has 7 heteroatoms. The maximum absolute atomic E-state index is 10.5. The molecule has 0 fully saturated rings. The smallest absolute Gasteiger partial charge is 0.332 e. The molecule has 0 saturated carbocycles. The summed E-state index contributed by atoms with van der Waals surface area (Å²) in [6.07, 6.45) is 5.61. The van der Waals surface area contributed by atoms with Gasteiger partial charge in [-0.1, -0.05) is 30.1 Å². The largest absolute Gasteiger partial charge is 0.478 e. The van der Waals surface area contributed by atoms with Gasteiger partial charge < -0.3 is 5.11 Å². The molecular formula is C19H19BrCl2N2O2. The molecule has 26 heavy (non-hydrogen) atoms. The Morgan fingerprint density at radius 3 is 2.50 bits per heavy atom. The number of aromatic nitrogens is 1. The van der Waals surface area contributed by atoms with Gasteiger partial charge in [-0.3, -0.25) is 9.98 Å². The molecule has 0 aliphatic carbocycles. The number of halogens is 3. The van der Waals surface area contributed by atoms with Crippen LogP contribution in [0, 0.1) is 0 Å². The highest BCUT2D eigenvalue weighted by atomic mass is 79.9. The number of carbonyl (C=O) groups is 1. The van der Waals surface area contributed by atoms with Crippen LogP contribution in [0.25, 0.3) is 0 Å². The molecule has 0 aliphatic rings. The van der Waals surface area contributed by atoms with Crippen LogP contribution in [-0.4, -0.2) is 21.8 Å². The van der Waals surface area contributed by atoms with Crippen molar-refractivity contribution < 1.29 is 9.90 Å². The number of nitrogens with zero attached hydrogens (tertiary/aromatic N) is 2. The lowest BCUT2D eigenvalue weighted by Crippen LogP contribution is -1.97. The first-order chi connectivity index (χ1) is 12.2. The van der Waals surface area contributed by atoms with Crippen LogP contribution in [0.5, 0.6) is 0 Å². The highest BCUT2D eigenvalue weighted by Crippen LogP contribution is 2.20. The summed E-state index contributed by atoms with van der Waals surface area (Å²) in [4.78, 5) is 18.6. The molecule has 0 bridgehead atoms. The number of aliphatic imine (C=N–C) groups is 1. The number of pyridine rings is 1. The average molecular weight is 458 g/mol. The quantitative estimate of drug-likeness (QED) is 0.439. The van der Waals surface area contributed by atoms with E-state index >= 15 is 0 Å². The number of rotatable bonds is 4. The summed E-state index contributed by atoms with van der Waals surface area (Å²) in [6, 6.07) is 7.38. The molecule has 0 unspecified atom stereocenters. The van der Waals surface area contributed by atoms with Crippen molar-refractivity contribution in [2.24, 2.45) is 4.99 Å². The van der Waals surface area contributed by atoms with Gasteiger partial charge in [-0.05, 0) is 66.0 Å². The van der Waals surface area contributed by atoms with E-state index in [0.29, 0.717) is 0 Å². The molecule has 1 N–H and O–H groups in total. The number of carboxylic acids is 1. The molecule has 1 aromatic heterocycles. The third-order valence-electron chi connectivity index (χ3n) is 3.30. The molecule has 1 aromatic carbocycles. The van der Waals surface area contributed by atoms with Crippen molar-refractivity contribution in [1.82, 2.24) is 4.98 Å². The third kappa shape index (κ3) is 7.68. The Balaban J connectivity index is 0.000000289. The van der Waals surface area contributed by atoms with E-state index in [9.17, 15) is 4.79 Å². The Morgan fingerprint density at radius 1 is 1.27 bits per heavy atom. The Morgan fingerprint density at radius 2 is 1.96 bits per heavy atom. The van der Waals surface area contributed by atoms with Gasteiger partial charge in [0.25, 0.3) is 0 Å². The molecule has 0 atom stereocenters. The summed E-state index contributed by atoms with van der Waals surface area (Å²) in [5, 5.41) is 10.2. The van der Waals surface area contributed by atoms with Gasteiger partial charge in [0.1, 0.15) is 0 Å². The van der Waals surface area contributed by atoms with Gasteiger partial charge in [0.15, 0.2) is 0 Å². The first-order valence-electron chi connectivity index (χ1n) is 7.73. The molecule has 1 heterocycles. The van der Waals surface area contributed by atoms with Crippen LogP contribution in [0.1, 0.15) is 31.9 Å². The van der Waals surface area contributed by atoms with E-state index in [4.69, 9.17) is 28.3 Å². The lowest BCUT2D eigenvalue weighted by atomic mass is 10.2. The Bertz CT molecular complexity index is 836. The number of aliphatic carboxylic acids is 1. The minimum atomic E-state index is -0.969. The summed E-state index contributed by atoms with van der Waals surface area (Å²) in [5.74, 6) is -0.969. The lowest BCUT2D eigenvalue weighted by Gasteiger charge is -1.99. The molecule has 0 radical (unpaired) electrons. The van der Waals surface area contributed by atoms with E-state index < -0.39 is 5.97 Å². The van der Waals surface area contributed by atoms with Gasteiger partial charge in [-0.25, -0.2) is 4.79 Å². The molecule has 0 spiro atoms. The topological polar surface area (TPSA) is 62.5 Å². The van der Waals surface area contributed by atoms with Gasteiger partial charge >= 0.3 is 5.97 Å². The molecule has 2 rings (SSSR count). The fourth-order valence-corrected chi connectivity index (χ4v) is 2.56. The second-order valence-electron chi connectivity index (χ2n) is 5.31. The van der Waals surface area contributed by atoms with E-state index in [0.717, 1.165) is 37.8 Å². The second kappa shape index (κ2) is 11.1. The van der Waals surface area contributed by atoms with Gasteiger partial charge in [0.05, 0.1) is 5.57 Å². The average Bonchev–Trinajstić information content (AvgIpc) is 2.61. The predicted molar refractivity (Wildman–Crippen MR) is 111 cm³/mol. The van der Waals surface area contributed by atoms with Crippen molar-refractivity contribution in [3.05, 3.63) is 74.1 Å². The Hall–Kier alpha value is -1.69. The molecular weight excluding hydrogens is 439 g/mol. The van der Waals surface area contributed by atoms with Crippen LogP contribution in [0.2, 0.25) is 10.0 Å². The summed E-state index contributed by atoms with van der Waals surface area (Å²) in [5.41, 5.74) is 2.87. The zero-order chi connectivity index (χ0) is 19.7. The fourth-order valence-electron chi connectivity index (χ4n) is 1.75. The zero-order valence-corrected chi connectivity index (χ0v) is 17.7. The predicted octanol–water partition coefficient (Wildman–Crippen LogP) is 6.20. The third-order valence-corrected chi connectivity index (χ3v) is 4.34. The first kappa shape index (κ1) is 22.4. The molecule has 2 aromatic rings. The summed E-state index contributed by atoms with van der Waals surface area (Å²) < 4.78 is 0.860. The van der Waals surface area contributed by atoms with E-state index in [-0.39, 0.29) is 5.57 Å². The summed E-state index contributed by atoms with van der Waals surface area (Å²) in [6.45, 7) is 5.35. The van der Waals surface area contributed by atoms with Gasteiger partial charge in [-0.15, -0.1) is 0 Å². The Kier molecular flexibility index (Phi) is 9.55. The summed E-state index contributed by atoms with van der Waals surface area (Å²) >= 11 is 14.9. The van der Waals surface area contributed by atoms with E-state index in [2.05, 4.69) is 32.8 Å². The molecule has 0 amide bonds. The van der Waals surface area contributed by atoms with Crippen molar-refractivity contribution in [3.63, 3.8) is 0 Å². The van der Waals surface area contributed by atoms with E-state index in [1.807, 2.05) is 18.2 Å². The van der Waals surface area contributed by atoms with E-state index in [1.54, 1.807) is 25.4 Å². The number of hydrogen-bond acceptors (Lipinski definition) is 3. The van der Waals surface area contributed by atoms with Crippen LogP contribution in [-0.2, 0) is 11.2 Å². The highest BCUT2D eigenvalue weighted by Gasteiger charge is 2.00. The minimum absolute atomic E-state index is 0.197. The highest BCUT2D eigenvalue weighted by molar-refractivity contribution is 9.10. The van der Waals surface area contributed by atoms with Crippen molar-refractivity contribution in [2.75, 3.05) is 0 Å². The molecule has 4 nitrogen and oxygen atoms in total. The maximum Gasteiger partial charge on any atom is 0.332 e. The van der Waals surface area contributed by atoms with Gasteiger partial charge in [0.2, 0.25) is 0 Å².